The number of benzene rings is 2. The molecular weight excluding hydrogens is 292 g/mol. The summed E-state index contributed by atoms with van der Waals surface area (Å²) in [4.78, 5) is 0. The number of nitrogen functional groups attached to an aromatic ring is 1. The number of hydrogen-bond acceptors (Lipinski definition) is 2. The Bertz CT molecular complexity index is 732. The Kier molecular flexibility index (Phi) is 5.04. The first kappa shape index (κ1) is 16.3. The molecule has 2 aromatic rings. The van der Waals surface area contributed by atoms with Crippen LogP contribution in [0.15, 0.2) is 48.6 Å². The third-order valence-corrected chi connectivity index (χ3v) is 4.03. The molecular formula is C19H21ClN2. The van der Waals surface area contributed by atoms with Crippen molar-refractivity contribution >= 4 is 23.0 Å². The summed E-state index contributed by atoms with van der Waals surface area (Å²) >= 11 is 5.97. The second kappa shape index (κ2) is 6.80. The van der Waals surface area contributed by atoms with Crippen LogP contribution in [-0.2, 0) is 0 Å². The quantitative estimate of drug-likeness (QED) is 0.420. The molecule has 0 amide bonds. The highest BCUT2D eigenvalue weighted by atomic mass is 35.5. The predicted octanol–water partition coefficient (Wildman–Crippen LogP) is 5.62. The Morgan fingerprint density at radius 3 is 2.50 bits per heavy atom. The van der Waals surface area contributed by atoms with Crippen LogP contribution in [0.2, 0.25) is 5.02 Å². The molecule has 22 heavy (non-hydrogen) atoms. The van der Waals surface area contributed by atoms with Crippen molar-refractivity contribution in [3.8, 4) is 11.1 Å². The van der Waals surface area contributed by atoms with E-state index in [0.717, 1.165) is 40.7 Å². The third kappa shape index (κ3) is 3.77. The number of rotatable bonds is 5. The Morgan fingerprint density at radius 2 is 1.91 bits per heavy atom. The van der Waals surface area contributed by atoms with Gasteiger partial charge in [0.15, 0.2) is 0 Å². The maximum absolute atomic E-state index is 8.18. The van der Waals surface area contributed by atoms with E-state index in [-0.39, 0.29) is 0 Å². The van der Waals surface area contributed by atoms with Gasteiger partial charge in [0.2, 0.25) is 0 Å². The van der Waals surface area contributed by atoms with Gasteiger partial charge in [0.25, 0.3) is 0 Å². The van der Waals surface area contributed by atoms with Crippen molar-refractivity contribution in [2.75, 3.05) is 5.73 Å². The lowest BCUT2D eigenvalue weighted by atomic mass is 9.95. The first-order valence-corrected chi connectivity index (χ1v) is 7.64. The average Bonchev–Trinajstić information content (AvgIpc) is 2.47. The van der Waals surface area contributed by atoms with E-state index in [1.54, 1.807) is 0 Å². The van der Waals surface area contributed by atoms with Gasteiger partial charge in [0.1, 0.15) is 0 Å². The molecule has 0 unspecified atom stereocenters. The average molecular weight is 313 g/mol. The van der Waals surface area contributed by atoms with Crippen molar-refractivity contribution in [1.29, 1.82) is 5.41 Å². The predicted molar refractivity (Wildman–Crippen MR) is 96.9 cm³/mol. The SMILES string of the molecule is C=C(C)CCC(=N)c1ccc(-c2ccc(Cl)c(N)c2)c(C)c1. The van der Waals surface area contributed by atoms with Crippen LogP contribution in [0.5, 0.6) is 0 Å². The summed E-state index contributed by atoms with van der Waals surface area (Å²) in [6.45, 7) is 7.93. The molecule has 3 N–H and O–H groups in total. The van der Waals surface area contributed by atoms with E-state index in [4.69, 9.17) is 22.7 Å². The van der Waals surface area contributed by atoms with E-state index >= 15 is 0 Å². The molecule has 0 radical (unpaired) electrons. The van der Waals surface area contributed by atoms with Crippen molar-refractivity contribution < 1.29 is 0 Å². The second-order valence-corrected chi connectivity index (χ2v) is 6.11. The highest BCUT2D eigenvalue weighted by Gasteiger charge is 2.08. The van der Waals surface area contributed by atoms with Crippen molar-refractivity contribution in [2.24, 2.45) is 0 Å². The fraction of sp³-hybridized carbons (Fsp3) is 0.211. The lowest BCUT2D eigenvalue weighted by Gasteiger charge is -2.11. The number of nitrogens with one attached hydrogen (secondary N) is 1. The molecule has 2 aromatic carbocycles. The summed E-state index contributed by atoms with van der Waals surface area (Å²) in [5.41, 5.74) is 12.5. The molecule has 2 rings (SSSR count). The highest BCUT2D eigenvalue weighted by molar-refractivity contribution is 6.33. The Labute approximate surface area is 137 Å². The topological polar surface area (TPSA) is 49.9 Å². The van der Waals surface area contributed by atoms with Gasteiger partial charge < -0.3 is 11.1 Å². The minimum Gasteiger partial charge on any atom is -0.398 e. The monoisotopic (exact) mass is 312 g/mol. The van der Waals surface area contributed by atoms with E-state index in [2.05, 4.69) is 19.6 Å². The van der Waals surface area contributed by atoms with Crippen molar-refractivity contribution in [1.82, 2.24) is 0 Å². The zero-order valence-electron chi connectivity index (χ0n) is 13.0. The molecule has 0 aliphatic carbocycles. The van der Waals surface area contributed by atoms with Crippen LogP contribution in [0.3, 0.4) is 0 Å². The van der Waals surface area contributed by atoms with Gasteiger partial charge in [-0.1, -0.05) is 35.4 Å². The van der Waals surface area contributed by atoms with Crippen molar-refractivity contribution in [3.63, 3.8) is 0 Å². The van der Waals surface area contributed by atoms with E-state index in [1.165, 1.54) is 0 Å². The number of halogens is 1. The lowest BCUT2D eigenvalue weighted by molar-refractivity contribution is 1.01. The summed E-state index contributed by atoms with van der Waals surface area (Å²) in [7, 11) is 0. The van der Waals surface area contributed by atoms with Gasteiger partial charge >= 0.3 is 0 Å². The van der Waals surface area contributed by atoms with Gasteiger partial charge in [-0.3, -0.25) is 0 Å². The number of hydrogen-bond donors (Lipinski definition) is 2. The summed E-state index contributed by atoms with van der Waals surface area (Å²) < 4.78 is 0. The van der Waals surface area contributed by atoms with Crippen LogP contribution in [0.1, 0.15) is 30.9 Å². The molecule has 114 valence electrons. The Morgan fingerprint density at radius 1 is 1.18 bits per heavy atom. The molecule has 0 aliphatic heterocycles. The molecule has 0 spiro atoms. The fourth-order valence-electron chi connectivity index (χ4n) is 2.37. The number of allylic oxidation sites excluding steroid dienone is 1. The van der Waals surface area contributed by atoms with Crippen LogP contribution < -0.4 is 5.73 Å². The number of aryl methyl sites for hydroxylation is 1. The normalized spacial score (nSPS) is 10.5. The molecule has 0 heterocycles. The van der Waals surface area contributed by atoms with Crippen LogP contribution in [0.25, 0.3) is 11.1 Å². The summed E-state index contributed by atoms with van der Waals surface area (Å²) in [5.74, 6) is 0. The Balaban J connectivity index is 2.27. The number of nitrogens with two attached hydrogens (primary N) is 1. The van der Waals surface area contributed by atoms with Crippen molar-refractivity contribution in [3.05, 3.63) is 64.7 Å². The van der Waals surface area contributed by atoms with Crippen molar-refractivity contribution in [2.45, 2.75) is 26.7 Å². The minimum atomic E-state index is 0.569. The summed E-state index contributed by atoms with van der Waals surface area (Å²) in [6.07, 6.45) is 1.58. The summed E-state index contributed by atoms with van der Waals surface area (Å²) in [5, 5.41) is 8.75. The molecule has 0 atom stereocenters. The van der Waals surface area contributed by atoms with Crippen LogP contribution in [-0.4, -0.2) is 5.71 Å². The van der Waals surface area contributed by atoms with Gasteiger partial charge in [0, 0.05) is 5.71 Å². The second-order valence-electron chi connectivity index (χ2n) is 5.70. The number of anilines is 1. The van der Waals surface area contributed by atoms with Crippen LogP contribution in [0.4, 0.5) is 5.69 Å². The molecule has 0 saturated heterocycles. The van der Waals surface area contributed by atoms with E-state index in [1.807, 2.05) is 37.3 Å². The smallest absolute Gasteiger partial charge is 0.0635 e. The maximum Gasteiger partial charge on any atom is 0.0635 e. The molecule has 0 saturated carbocycles. The molecule has 2 nitrogen and oxygen atoms in total. The van der Waals surface area contributed by atoms with Gasteiger partial charge in [-0.25, -0.2) is 0 Å². The van der Waals surface area contributed by atoms with Crippen LogP contribution in [0, 0.1) is 12.3 Å². The zero-order chi connectivity index (χ0) is 16.3. The van der Waals surface area contributed by atoms with Gasteiger partial charge in [0.05, 0.1) is 10.7 Å². The van der Waals surface area contributed by atoms with E-state index in [9.17, 15) is 0 Å². The molecule has 3 heteroatoms. The first-order valence-electron chi connectivity index (χ1n) is 7.26. The van der Waals surface area contributed by atoms with Gasteiger partial charge in [-0.15, -0.1) is 6.58 Å². The Hall–Kier alpha value is -2.06. The molecule has 0 aromatic heterocycles. The van der Waals surface area contributed by atoms with E-state index in [0.29, 0.717) is 16.4 Å². The first-order chi connectivity index (χ1) is 10.4. The molecule has 0 bridgehead atoms. The maximum atomic E-state index is 8.18. The fourth-order valence-corrected chi connectivity index (χ4v) is 2.49. The molecule has 0 fully saturated rings. The minimum absolute atomic E-state index is 0.569. The lowest BCUT2D eigenvalue weighted by Crippen LogP contribution is -2.00. The van der Waals surface area contributed by atoms with E-state index < -0.39 is 0 Å². The third-order valence-electron chi connectivity index (χ3n) is 3.68. The van der Waals surface area contributed by atoms with Gasteiger partial charge in [-0.2, -0.15) is 0 Å². The molecule has 0 aliphatic rings. The van der Waals surface area contributed by atoms with Crippen LogP contribution >= 0.6 is 11.6 Å². The largest absolute Gasteiger partial charge is 0.398 e. The summed E-state index contributed by atoms with van der Waals surface area (Å²) in [6, 6.07) is 11.8. The highest BCUT2D eigenvalue weighted by Crippen LogP contribution is 2.29. The standard InChI is InChI=1S/C19H21ClN2/c1-12(2)4-9-18(21)15-5-7-16(13(3)10-15)14-6-8-17(20)19(22)11-14/h5-8,10-11,21H,1,4,9,22H2,2-3H3. The zero-order valence-corrected chi connectivity index (χ0v) is 13.8. The van der Waals surface area contributed by atoms with Gasteiger partial charge in [-0.05, 0) is 67.1 Å².